The molecule has 0 saturated heterocycles. The Hall–Kier alpha value is 0.267. The van der Waals surface area contributed by atoms with E-state index in [9.17, 15) is 4.79 Å². The topological polar surface area (TPSA) is 26.3 Å². The molecule has 11 heavy (non-hydrogen) atoms. The minimum Gasteiger partial charge on any atom is -0.469 e. The third kappa shape index (κ3) is 2.35. The molecule has 0 aliphatic carbocycles. The molecule has 0 amide bonds. The highest BCUT2D eigenvalue weighted by Crippen LogP contribution is 2.43. The van der Waals surface area contributed by atoms with Gasteiger partial charge in [0.2, 0.25) is 0 Å². The summed E-state index contributed by atoms with van der Waals surface area (Å²) in [6, 6.07) is 0. The van der Waals surface area contributed by atoms with E-state index in [4.69, 9.17) is 22.2 Å². The maximum Gasteiger partial charge on any atom is 0.310 e. The molecule has 5 heteroatoms. The van der Waals surface area contributed by atoms with Crippen LogP contribution in [0.4, 0.5) is 0 Å². The molecule has 0 N–H and O–H groups in total. The van der Waals surface area contributed by atoms with Gasteiger partial charge in [-0.3, -0.25) is 4.79 Å². The van der Waals surface area contributed by atoms with Crippen LogP contribution in [0.1, 0.15) is 13.8 Å². The minimum absolute atomic E-state index is 0.350. The average Bonchev–Trinajstić information content (AvgIpc) is 1.83. The summed E-state index contributed by atoms with van der Waals surface area (Å²) in [5.41, 5.74) is 0. The van der Waals surface area contributed by atoms with Crippen molar-refractivity contribution < 1.29 is 9.53 Å². The van der Waals surface area contributed by atoms with Crippen molar-refractivity contribution in [1.82, 2.24) is 0 Å². The highest BCUT2D eigenvalue weighted by Gasteiger charge is 2.47. The van der Waals surface area contributed by atoms with Gasteiger partial charge in [-0.1, -0.05) is 0 Å². The standard InChI is InChI=1S/C6H12Cl2O2Si/c1-6(2,5(9)10-3)11(4,7)8/h1-4H3. The predicted molar refractivity (Wildman–Crippen MR) is 49.4 cm³/mol. The molecule has 0 unspecified atom stereocenters. The summed E-state index contributed by atoms with van der Waals surface area (Å²) in [5, 5.41) is -0.745. The van der Waals surface area contributed by atoms with Crippen LogP contribution >= 0.6 is 22.2 Å². The summed E-state index contributed by atoms with van der Waals surface area (Å²) >= 11 is 11.8. The number of hydrogen-bond donors (Lipinski definition) is 0. The number of ether oxygens (including phenoxy) is 1. The second-order valence-corrected chi connectivity index (χ2v) is 11.1. The quantitative estimate of drug-likeness (QED) is 0.402. The van der Waals surface area contributed by atoms with Crippen LogP contribution in [0.25, 0.3) is 0 Å². The van der Waals surface area contributed by atoms with Gasteiger partial charge in [0.15, 0.2) is 0 Å². The molecular weight excluding hydrogens is 203 g/mol. The van der Waals surface area contributed by atoms with Crippen LogP contribution in [0.15, 0.2) is 0 Å². The number of methoxy groups -OCH3 is 1. The van der Waals surface area contributed by atoms with Crippen molar-refractivity contribution in [3.8, 4) is 0 Å². The van der Waals surface area contributed by atoms with E-state index in [1.54, 1.807) is 20.4 Å². The SMILES string of the molecule is COC(=O)C(C)(C)[Si](C)(Cl)Cl. The number of esters is 1. The fourth-order valence-corrected chi connectivity index (χ4v) is 1.36. The lowest BCUT2D eigenvalue weighted by molar-refractivity contribution is -0.143. The predicted octanol–water partition coefficient (Wildman–Crippen LogP) is 2.49. The van der Waals surface area contributed by atoms with Gasteiger partial charge in [0.1, 0.15) is 0 Å². The molecule has 0 aliphatic rings. The summed E-state index contributed by atoms with van der Waals surface area (Å²) < 4.78 is 4.57. The summed E-state index contributed by atoms with van der Waals surface area (Å²) in [7, 11) is 1.33. The maximum atomic E-state index is 11.1. The summed E-state index contributed by atoms with van der Waals surface area (Å²) in [6.07, 6.45) is 0. The molecule has 0 atom stereocenters. The summed E-state index contributed by atoms with van der Waals surface area (Å²) in [6.45, 7) is 2.60. The van der Waals surface area contributed by atoms with Crippen molar-refractivity contribution in [2.75, 3.05) is 7.11 Å². The number of carbonyl (C=O) groups excluding carboxylic acids is 1. The van der Waals surface area contributed by atoms with E-state index in [1.807, 2.05) is 0 Å². The molecule has 0 spiro atoms. The Morgan fingerprint density at radius 3 is 1.91 bits per heavy atom. The average molecular weight is 215 g/mol. The highest BCUT2D eigenvalue weighted by atomic mass is 35.7. The summed E-state index contributed by atoms with van der Waals surface area (Å²) in [4.78, 5) is 11.1. The van der Waals surface area contributed by atoms with E-state index in [2.05, 4.69) is 4.74 Å². The molecule has 0 rings (SSSR count). The van der Waals surface area contributed by atoms with Gasteiger partial charge in [-0.15, -0.1) is 22.2 Å². The first kappa shape index (κ1) is 11.3. The van der Waals surface area contributed by atoms with E-state index in [0.29, 0.717) is 0 Å². The van der Waals surface area contributed by atoms with Crippen LogP contribution in [0.2, 0.25) is 11.6 Å². The highest BCUT2D eigenvalue weighted by molar-refractivity contribution is 7.46. The molecule has 66 valence electrons. The van der Waals surface area contributed by atoms with E-state index < -0.39 is 11.7 Å². The minimum atomic E-state index is -2.50. The third-order valence-corrected chi connectivity index (χ3v) is 7.03. The molecule has 2 nitrogen and oxygen atoms in total. The van der Waals surface area contributed by atoms with Gasteiger partial charge in [0.05, 0.1) is 12.1 Å². The summed E-state index contributed by atoms with van der Waals surface area (Å²) in [5.74, 6) is -0.350. The largest absolute Gasteiger partial charge is 0.469 e. The fourth-order valence-electron chi connectivity index (χ4n) is 0.434. The third-order valence-electron chi connectivity index (χ3n) is 1.79. The van der Waals surface area contributed by atoms with Crippen molar-refractivity contribution >= 4 is 34.8 Å². The van der Waals surface area contributed by atoms with Gasteiger partial charge in [-0.25, -0.2) is 0 Å². The second-order valence-electron chi connectivity index (χ2n) is 3.00. The molecule has 0 aliphatic heterocycles. The maximum absolute atomic E-state index is 11.1. The van der Waals surface area contributed by atoms with Crippen molar-refractivity contribution in [3.63, 3.8) is 0 Å². The van der Waals surface area contributed by atoms with Crippen molar-refractivity contribution in [2.45, 2.75) is 25.4 Å². The zero-order chi connectivity index (χ0) is 9.28. The first-order chi connectivity index (χ1) is 4.73. The molecular formula is C6H12Cl2O2Si. The normalized spacial score (nSPS) is 12.9. The Morgan fingerprint density at radius 1 is 1.45 bits per heavy atom. The molecule has 0 aromatic heterocycles. The lowest BCUT2D eigenvalue weighted by Gasteiger charge is -2.28. The van der Waals surface area contributed by atoms with Crippen LogP contribution < -0.4 is 0 Å². The van der Waals surface area contributed by atoms with Crippen molar-refractivity contribution in [1.29, 1.82) is 0 Å². The van der Waals surface area contributed by atoms with Gasteiger partial charge in [-0.2, -0.15) is 0 Å². The van der Waals surface area contributed by atoms with Crippen molar-refractivity contribution in [3.05, 3.63) is 0 Å². The van der Waals surface area contributed by atoms with Crippen LogP contribution in [-0.2, 0) is 9.53 Å². The molecule has 0 bridgehead atoms. The number of hydrogen-bond acceptors (Lipinski definition) is 2. The molecule has 0 heterocycles. The first-order valence-electron chi connectivity index (χ1n) is 3.19. The molecule has 0 aromatic rings. The van der Waals surface area contributed by atoms with Crippen LogP contribution in [-0.4, -0.2) is 19.8 Å². The molecule has 0 fully saturated rings. The van der Waals surface area contributed by atoms with Gasteiger partial charge < -0.3 is 4.74 Å². The number of halogens is 2. The number of carbonyl (C=O) groups is 1. The van der Waals surface area contributed by atoms with E-state index in [0.717, 1.165) is 0 Å². The van der Waals surface area contributed by atoms with Gasteiger partial charge in [0, 0.05) is 0 Å². The van der Waals surface area contributed by atoms with E-state index in [-0.39, 0.29) is 5.97 Å². The zero-order valence-electron chi connectivity index (χ0n) is 7.07. The Kier molecular flexibility index (Phi) is 3.41. The Balaban J connectivity index is 4.59. The Bertz CT molecular complexity index is 162. The monoisotopic (exact) mass is 214 g/mol. The van der Waals surface area contributed by atoms with Crippen LogP contribution in [0.3, 0.4) is 0 Å². The number of rotatable bonds is 2. The fraction of sp³-hybridized carbons (Fsp3) is 0.833. The van der Waals surface area contributed by atoms with Gasteiger partial charge in [0.25, 0.3) is 6.69 Å². The van der Waals surface area contributed by atoms with E-state index >= 15 is 0 Å². The first-order valence-corrected chi connectivity index (χ1v) is 7.72. The Morgan fingerprint density at radius 2 is 1.82 bits per heavy atom. The zero-order valence-corrected chi connectivity index (χ0v) is 9.58. The molecule has 0 saturated carbocycles. The molecule has 0 aromatic carbocycles. The lowest BCUT2D eigenvalue weighted by Crippen LogP contribution is -2.37. The Labute approximate surface area is 77.2 Å². The lowest BCUT2D eigenvalue weighted by atomic mass is 10.2. The van der Waals surface area contributed by atoms with E-state index in [1.165, 1.54) is 7.11 Å². The van der Waals surface area contributed by atoms with Gasteiger partial charge >= 0.3 is 5.97 Å². The molecule has 0 radical (unpaired) electrons. The van der Waals surface area contributed by atoms with Gasteiger partial charge in [-0.05, 0) is 20.4 Å². The van der Waals surface area contributed by atoms with Crippen LogP contribution in [0.5, 0.6) is 0 Å². The van der Waals surface area contributed by atoms with Crippen molar-refractivity contribution in [2.24, 2.45) is 0 Å². The second kappa shape index (κ2) is 3.33. The smallest absolute Gasteiger partial charge is 0.310 e. The van der Waals surface area contributed by atoms with Crippen LogP contribution in [0, 0.1) is 0 Å².